The maximum atomic E-state index is 13.7. The van der Waals surface area contributed by atoms with Crippen molar-refractivity contribution >= 4 is 5.57 Å². The molecule has 0 saturated heterocycles. The summed E-state index contributed by atoms with van der Waals surface area (Å²) in [6.45, 7) is 8.38. The third-order valence-corrected chi connectivity index (χ3v) is 3.27. The molecule has 1 nitrogen and oxygen atoms in total. The van der Waals surface area contributed by atoms with Crippen LogP contribution in [-0.4, -0.2) is 0 Å². The first-order chi connectivity index (χ1) is 9.49. The normalized spacial score (nSPS) is 12.2. The second kappa shape index (κ2) is 7.65. The van der Waals surface area contributed by atoms with E-state index < -0.39 is 5.82 Å². The molecule has 1 rings (SSSR count). The first-order valence-corrected chi connectivity index (χ1v) is 7.05. The maximum absolute atomic E-state index is 13.7. The number of hydrogen-bond donors (Lipinski definition) is 0. The highest BCUT2D eigenvalue weighted by Gasteiger charge is 2.06. The lowest BCUT2D eigenvalue weighted by Gasteiger charge is -2.09. The Morgan fingerprint density at radius 2 is 2.10 bits per heavy atom. The zero-order valence-corrected chi connectivity index (χ0v) is 12.7. The average molecular weight is 271 g/mol. The minimum absolute atomic E-state index is 0.0881. The molecule has 106 valence electrons. The highest BCUT2D eigenvalue weighted by atomic mass is 19.1. The SMILES string of the molecule is CCCC(C)/C=C\C(=C(C)C)c1ccc(C#N)c(F)c1. The molecule has 0 bridgehead atoms. The summed E-state index contributed by atoms with van der Waals surface area (Å²) in [4.78, 5) is 0. The van der Waals surface area contributed by atoms with Crippen molar-refractivity contribution in [1.29, 1.82) is 5.26 Å². The van der Waals surface area contributed by atoms with Gasteiger partial charge in [-0.3, -0.25) is 0 Å². The van der Waals surface area contributed by atoms with Crippen LogP contribution in [0, 0.1) is 23.1 Å². The Labute approximate surface area is 121 Å². The van der Waals surface area contributed by atoms with E-state index in [2.05, 4.69) is 26.0 Å². The summed E-state index contributed by atoms with van der Waals surface area (Å²) in [5, 5.41) is 8.78. The van der Waals surface area contributed by atoms with E-state index in [1.165, 1.54) is 12.1 Å². The minimum atomic E-state index is -0.459. The molecule has 0 aliphatic heterocycles. The Morgan fingerprint density at radius 3 is 2.60 bits per heavy atom. The van der Waals surface area contributed by atoms with Gasteiger partial charge in [-0.1, -0.05) is 44.1 Å². The highest BCUT2D eigenvalue weighted by Crippen LogP contribution is 2.23. The summed E-state index contributed by atoms with van der Waals surface area (Å²) in [5.74, 6) is 0.0522. The van der Waals surface area contributed by atoms with E-state index in [0.29, 0.717) is 5.92 Å². The van der Waals surface area contributed by atoms with Gasteiger partial charge in [-0.05, 0) is 49.5 Å². The Kier molecular flexibility index (Phi) is 6.18. The summed E-state index contributed by atoms with van der Waals surface area (Å²) in [6.07, 6.45) is 6.54. The predicted molar refractivity (Wildman–Crippen MR) is 82.6 cm³/mol. The molecule has 0 saturated carbocycles. The number of hydrogen-bond acceptors (Lipinski definition) is 1. The molecule has 1 aromatic carbocycles. The predicted octanol–water partition coefficient (Wildman–Crippen LogP) is 5.48. The molecule has 0 N–H and O–H groups in total. The van der Waals surface area contributed by atoms with Gasteiger partial charge in [0.05, 0.1) is 5.56 Å². The highest BCUT2D eigenvalue weighted by molar-refractivity contribution is 5.76. The van der Waals surface area contributed by atoms with Crippen LogP contribution in [0.5, 0.6) is 0 Å². The van der Waals surface area contributed by atoms with E-state index in [1.807, 2.05) is 19.9 Å². The van der Waals surface area contributed by atoms with Gasteiger partial charge in [0.1, 0.15) is 11.9 Å². The van der Waals surface area contributed by atoms with E-state index >= 15 is 0 Å². The fraction of sp³-hybridized carbons (Fsp3) is 0.389. The zero-order chi connectivity index (χ0) is 15.1. The van der Waals surface area contributed by atoms with Gasteiger partial charge >= 0.3 is 0 Å². The standard InChI is InChI=1S/C18H22FN/c1-5-6-14(4)7-10-17(13(2)3)15-8-9-16(12-20)18(19)11-15/h7-11,14H,5-6H2,1-4H3/b10-7-. The lowest BCUT2D eigenvalue weighted by atomic mass is 9.97. The Hall–Kier alpha value is -1.88. The summed E-state index contributed by atoms with van der Waals surface area (Å²) in [6, 6.07) is 6.63. The number of allylic oxidation sites excluding steroid dienone is 4. The second-order valence-corrected chi connectivity index (χ2v) is 5.35. The quantitative estimate of drug-likeness (QED) is 0.650. The molecular weight excluding hydrogens is 249 g/mol. The van der Waals surface area contributed by atoms with Crippen molar-refractivity contribution in [2.24, 2.45) is 5.92 Å². The van der Waals surface area contributed by atoms with E-state index in [0.717, 1.165) is 29.6 Å². The van der Waals surface area contributed by atoms with E-state index in [9.17, 15) is 4.39 Å². The van der Waals surface area contributed by atoms with Crippen LogP contribution >= 0.6 is 0 Å². The van der Waals surface area contributed by atoms with Crippen LogP contribution in [-0.2, 0) is 0 Å². The van der Waals surface area contributed by atoms with Crippen LogP contribution < -0.4 is 0 Å². The van der Waals surface area contributed by atoms with Crippen molar-refractivity contribution in [1.82, 2.24) is 0 Å². The maximum Gasteiger partial charge on any atom is 0.141 e. The molecule has 0 spiro atoms. The Balaban J connectivity index is 3.08. The summed E-state index contributed by atoms with van der Waals surface area (Å²) in [7, 11) is 0. The first kappa shape index (κ1) is 16.2. The van der Waals surface area contributed by atoms with Crippen molar-refractivity contribution < 1.29 is 4.39 Å². The number of rotatable bonds is 5. The molecule has 0 fully saturated rings. The fourth-order valence-corrected chi connectivity index (χ4v) is 2.14. The zero-order valence-electron chi connectivity index (χ0n) is 12.7. The Bertz CT molecular complexity index is 557. The van der Waals surface area contributed by atoms with Crippen LogP contribution in [0.1, 0.15) is 51.7 Å². The lowest BCUT2D eigenvalue weighted by Crippen LogP contribution is -1.92. The number of nitrogens with zero attached hydrogens (tertiary/aromatic N) is 1. The van der Waals surface area contributed by atoms with Gasteiger partial charge in [0, 0.05) is 0 Å². The van der Waals surface area contributed by atoms with Crippen LogP contribution in [0.2, 0.25) is 0 Å². The number of nitriles is 1. The van der Waals surface area contributed by atoms with Crippen LogP contribution in [0.15, 0.2) is 35.9 Å². The molecule has 0 radical (unpaired) electrons. The number of benzene rings is 1. The summed E-state index contributed by atoms with van der Waals surface area (Å²) in [5.41, 5.74) is 3.07. The molecular formula is C18H22FN. The van der Waals surface area contributed by atoms with E-state index in [1.54, 1.807) is 6.07 Å². The van der Waals surface area contributed by atoms with Gasteiger partial charge in [0.2, 0.25) is 0 Å². The largest absolute Gasteiger partial charge is 0.206 e. The molecule has 0 aliphatic carbocycles. The monoisotopic (exact) mass is 271 g/mol. The molecule has 1 unspecified atom stereocenters. The number of halogens is 1. The van der Waals surface area contributed by atoms with Gasteiger partial charge in [0.25, 0.3) is 0 Å². The van der Waals surface area contributed by atoms with E-state index in [-0.39, 0.29) is 5.56 Å². The second-order valence-electron chi connectivity index (χ2n) is 5.35. The molecule has 0 amide bonds. The minimum Gasteiger partial charge on any atom is -0.206 e. The fourth-order valence-electron chi connectivity index (χ4n) is 2.14. The molecule has 2 heteroatoms. The molecule has 0 aliphatic rings. The van der Waals surface area contributed by atoms with Crippen LogP contribution in [0.4, 0.5) is 4.39 Å². The smallest absolute Gasteiger partial charge is 0.141 e. The third-order valence-electron chi connectivity index (χ3n) is 3.27. The third kappa shape index (κ3) is 4.35. The van der Waals surface area contributed by atoms with Crippen LogP contribution in [0.25, 0.3) is 5.57 Å². The van der Waals surface area contributed by atoms with Gasteiger partial charge < -0.3 is 0 Å². The average Bonchev–Trinajstić information content (AvgIpc) is 2.39. The van der Waals surface area contributed by atoms with Gasteiger partial charge in [-0.25, -0.2) is 4.39 Å². The summed E-state index contributed by atoms with van der Waals surface area (Å²) >= 11 is 0. The van der Waals surface area contributed by atoms with Crippen molar-refractivity contribution in [3.05, 3.63) is 52.9 Å². The van der Waals surface area contributed by atoms with Gasteiger partial charge in [-0.15, -0.1) is 0 Å². The van der Waals surface area contributed by atoms with Crippen molar-refractivity contribution in [3.8, 4) is 6.07 Å². The lowest BCUT2D eigenvalue weighted by molar-refractivity contribution is 0.623. The molecule has 0 heterocycles. The van der Waals surface area contributed by atoms with Gasteiger partial charge in [-0.2, -0.15) is 5.26 Å². The first-order valence-electron chi connectivity index (χ1n) is 7.05. The van der Waals surface area contributed by atoms with Crippen molar-refractivity contribution in [3.63, 3.8) is 0 Å². The molecule has 20 heavy (non-hydrogen) atoms. The topological polar surface area (TPSA) is 23.8 Å². The van der Waals surface area contributed by atoms with Gasteiger partial charge in [0.15, 0.2) is 0 Å². The van der Waals surface area contributed by atoms with Crippen molar-refractivity contribution in [2.75, 3.05) is 0 Å². The molecule has 1 aromatic rings. The van der Waals surface area contributed by atoms with Crippen LogP contribution in [0.3, 0.4) is 0 Å². The Morgan fingerprint density at radius 1 is 1.40 bits per heavy atom. The molecule has 0 aromatic heterocycles. The van der Waals surface area contributed by atoms with E-state index in [4.69, 9.17) is 5.26 Å². The van der Waals surface area contributed by atoms with Crippen molar-refractivity contribution in [2.45, 2.75) is 40.5 Å². The molecule has 1 atom stereocenters. The summed E-state index contributed by atoms with van der Waals surface area (Å²) < 4.78 is 13.7.